The van der Waals surface area contributed by atoms with Gasteiger partial charge in [-0.25, -0.2) is 0 Å². The van der Waals surface area contributed by atoms with Crippen LogP contribution in [-0.4, -0.2) is 22.9 Å². The van der Waals surface area contributed by atoms with Gasteiger partial charge in [0.2, 0.25) is 0 Å². The summed E-state index contributed by atoms with van der Waals surface area (Å²) in [7, 11) is 0. The van der Waals surface area contributed by atoms with Crippen LogP contribution in [0.1, 0.15) is 5.56 Å². The molecule has 0 bridgehead atoms. The second-order valence-corrected chi connectivity index (χ2v) is 4.37. The molecule has 1 rings (SSSR count). The average molecular weight is 265 g/mol. The van der Waals surface area contributed by atoms with Gasteiger partial charge in [-0.3, -0.25) is 4.79 Å². The van der Waals surface area contributed by atoms with Crippen LogP contribution in [0, 0.1) is 0 Å². The molecular formula is C10H10F3NO2S. The normalized spacial score (nSPS) is 13.4. The van der Waals surface area contributed by atoms with Crippen LogP contribution < -0.4 is 5.73 Å². The van der Waals surface area contributed by atoms with Gasteiger partial charge in [-0.1, -0.05) is 0 Å². The highest BCUT2D eigenvalue weighted by atomic mass is 32.2. The first-order valence-electron chi connectivity index (χ1n) is 4.59. The fraction of sp³-hybridized carbons (Fsp3) is 0.300. The second kappa shape index (κ2) is 5.42. The summed E-state index contributed by atoms with van der Waals surface area (Å²) in [4.78, 5) is 11.0. The van der Waals surface area contributed by atoms with Gasteiger partial charge in [0.25, 0.3) is 0 Å². The van der Waals surface area contributed by atoms with Crippen LogP contribution in [0.3, 0.4) is 0 Å². The zero-order valence-electron chi connectivity index (χ0n) is 8.57. The highest BCUT2D eigenvalue weighted by Crippen LogP contribution is 2.30. The first kappa shape index (κ1) is 13.9. The molecule has 1 aromatic carbocycles. The monoisotopic (exact) mass is 265 g/mol. The quantitative estimate of drug-likeness (QED) is 0.819. The van der Waals surface area contributed by atoms with Crippen molar-refractivity contribution in [3.63, 3.8) is 0 Å². The number of thioether (sulfide) groups is 1. The molecule has 1 unspecified atom stereocenters. The van der Waals surface area contributed by atoms with Gasteiger partial charge < -0.3 is 10.8 Å². The Morgan fingerprint density at radius 1 is 1.35 bits per heavy atom. The lowest BCUT2D eigenvalue weighted by atomic mass is 10.2. The van der Waals surface area contributed by atoms with Crippen LogP contribution in [0.2, 0.25) is 0 Å². The van der Waals surface area contributed by atoms with Crippen LogP contribution in [0.25, 0.3) is 0 Å². The molecule has 7 heteroatoms. The lowest BCUT2D eigenvalue weighted by Gasteiger charge is -2.08. The molecule has 1 aromatic rings. The van der Waals surface area contributed by atoms with Gasteiger partial charge >= 0.3 is 12.1 Å². The van der Waals surface area contributed by atoms with Crippen molar-refractivity contribution < 1.29 is 23.1 Å². The third-order valence-corrected chi connectivity index (χ3v) is 3.06. The van der Waals surface area contributed by atoms with E-state index >= 15 is 0 Å². The Bertz CT molecular complexity index is 392. The number of aliphatic carboxylic acids is 1. The van der Waals surface area contributed by atoms with Gasteiger partial charge in [0.05, 0.1) is 5.56 Å². The third-order valence-electron chi connectivity index (χ3n) is 1.93. The van der Waals surface area contributed by atoms with E-state index in [0.29, 0.717) is 4.90 Å². The number of nitrogens with two attached hydrogens (primary N) is 1. The molecule has 3 N–H and O–H groups in total. The predicted molar refractivity (Wildman–Crippen MR) is 57.8 cm³/mol. The maximum absolute atomic E-state index is 12.2. The number of alkyl halides is 3. The van der Waals surface area contributed by atoms with Crippen LogP contribution in [0.4, 0.5) is 13.2 Å². The molecular weight excluding hydrogens is 255 g/mol. The van der Waals surface area contributed by atoms with E-state index in [-0.39, 0.29) is 5.75 Å². The molecule has 0 fully saturated rings. The summed E-state index contributed by atoms with van der Waals surface area (Å²) in [6.07, 6.45) is -4.36. The van der Waals surface area contributed by atoms with Gasteiger partial charge in [0, 0.05) is 10.6 Å². The number of carboxylic acid groups (broad SMARTS) is 1. The van der Waals surface area contributed by atoms with Crippen molar-refractivity contribution in [2.45, 2.75) is 17.1 Å². The molecule has 0 radical (unpaired) electrons. The topological polar surface area (TPSA) is 63.3 Å². The minimum absolute atomic E-state index is 0.112. The minimum Gasteiger partial charge on any atom is -0.480 e. The van der Waals surface area contributed by atoms with E-state index in [2.05, 4.69) is 0 Å². The number of rotatable bonds is 4. The van der Waals surface area contributed by atoms with Crippen LogP contribution >= 0.6 is 11.8 Å². The maximum atomic E-state index is 12.2. The summed E-state index contributed by atoms with van der Waals surface area (Å²) in [6.45, 7) is 0. The SMILES string of the molecule is NC(CSc1ccc(C(F)(F)F)cc1)C(=O)O. The standard InChI is InChI=1S/C10H10F3NO2S/c11-10(12,13)6-1-3-7(4-2-6)17-5-8(14)9(15)16/h1-4,8H,5,14H2,(H,15,16). The lowest BCUT2D eigenvalue weighted by molar-refractivity contribution is -0.138. The summed E-state index contributed by atoms with van der Waals surface area (Å²) < 4.78 is 36.7. The molecule has 0 saturated heterocycles. The van der Waals surface area contributed by atoms with E-state index in [1.807, 2.05) is 0 Å². The van der Waals surface area contributed by atoms with E-state index in [9.17, 15) is 18.0 Å². The Morgan fingerprint density at radius 2 is 1.88 bits per heavy atom. The first-order valence-corrected chi connectivity index (χ1v) is 5.57. The second-order valence-electron chi connectivity index (χ2n) is 3.28. The summed E-state index contributed by atoms with van der Waals surface area (Å²) in [5.74, 6) is -1.02. The van der Waals surface area contributed by atoms with Crippen molar-refractivity contribution in [3.05, 3.63) is 29.8 Å². The number of hydrogen-bond acceptors (Lipinski definition) is 3. The first-order chi connectivity index (χ1) is 7.80. The Hall–Kier alpha value is -1.21. The maximum Gasteiger partial charge on any atom is 0.416 e. The van der Waals surface area contributed by atoms with Crippen LogP contribution in [0.5, 0.6) is 0 Å². The molecule has 94 valence electrons. The number of benzene rings is 1. The van der Waals surface area contributed by atoms with E-state index in [1.54, 1.807) is 0 Å². The minimum atomic E-state index is -4.36. The smallest absolute Gasteiger partial charge is 0.416 e. The largest absolute Gasteiger partial charge is 0.480 e. The molecule has 0 aliphatic heterocycles. The van der Waals surface area contributed by atoms with E-state index in [4.69, 9.17) is 10.8 Å². The fourth-order valence-corrected chi connectivity index (χ4v) is 1.84. The molecule has 0 aromatic heterocycles. The zero-order chi connectivity index (χ0) is 13.1. The Kier molecular flexibility index (Phi) is 4.41. The molecule has 0 amide bonds. The van der Waals surface area contributed by atoms with Crippen molar-refractivity contribution in [3.8, 4) is 0 Å². The molecule has 17 heavy (non-hydrogen) atoms. The van der Waals surface area contributed by atoms with Gasteiger partial charge in [0.15, 0.2) is 0 Å². The summed E-state index contributed by atoms with van der Waals surface area (Å²) in [5.41, 5.74) is 4.53. The highest BCUT2D eigenvalue weighted by molar-refractivity contribution is 7.99. The van der Waals surface area contributed by atoms with Crippen LogP contribution in [0.15, 0.2) is 29.2 Å². The van der Waals surface area contributed by atoms with Gasteiger partial charge in [-0.2, -0.15) is 13.2 Å². The summed E-state index contributed by atoms with van der Waals surface area (Å²) in [6, 6.07) is 3.47. The average Bonchev–Trinajstić information content (AvgIpc) is 2.25. The van der Waals surface area contributed by atoms with Crippen molar-refractivity contribution in [2.24, 2.45) is 5.73 Å². The predicted octanol–water partition coefficient (Wildman–Crippen LogP) is 2.21. The number of carbonyl (C=O) groups is 1. The molecule has 0 aliphatic carbocycles. The Labute approximate surface area is 99.8 Å². The summed E-state index contributed by atoms with van der Waals surface area (Å²) in [5, 5.41) is 8.52. The number of halogens is 3. The third kappa shape index (κ3) is 4.27. The van der Waals surface area contributed by atoms with Crippen LogP contribution in [-0.2, 0) is 11.0 Å². The highest BCUT2D eigenvalue weighted by Gasteiger charge is 2.29. The molecule has 0 heterocycles. The molecule has 1 atom stereocenters. The van der Waals surface area contributed by atoms with E-state index in [0.717, 1.165) is 23.9 Å². The van der Waals surface area contributed by atoms with E-state index in [1.165, 1.54) is 12.1 Å². The molecule has 3 nitrogen and oxygen atoms in total. The number of hydrogen-bond donors (Lipinski definition) is 2. The van der Waals surface area contributed by atoms with Gasteiger partial charge in [-0.15, -0.1) is 11.8 Å². The molecule has 0 saturated carbocycles. The van der Waals surface area contributed by atoms with Crippen molar-refractivity contribution >= 4 is 17.7 Å². The van der Waals surface area contributed by atoms with Crippen molar-refractivity contribution in [1.82, 2.24) is 0 Å². The van der Waals surface area contributed by atoms with Crippen molar-refractivity contribution in [1.29, 1.82) is 0 Å². The fourth-order valence-electron chi connectivity index (χ4n) is 0.997. The van der Waals surface area contributed by atoms with Gasteiger partial charge in [0.1, 0.15) is 6.04 Å². The van der Waals surface area contributed by atoms with E-state index < -0.39 is 23.8 Å². The lowest BCUT2D eigenvalue weighted by Crippen LogP contribution is -2.32. The summed E-state index contributed by atoms with van der Waals surface area (Å²) >= 11 is 1.10. The van der Waals surface area contributed by atoms with Crippen molar-refractivity contribution in [2.75, 3.05) is 5.75 Å². The zero-order valence-corrected chi connectivity index (χ0v) is 9.39. The Balaban J connectivity index is 2.60. The van der Waals surface area contributed by atoms with Gasteiger partial charge in [-0.05, 0) is 24.3 Å². The Morgan fingerprint density at radius 3 is 2.29 bits per heavy atom. The molecule has 0 aliphatic rings. The number of carboxylic acids is 1. The molecule has 0 spiro atoms.